The average molecular weight is 188 g/mol. The minimum Gasteiger partial charge on any atom is -0.328 e. The van der Waals surface area contributed by atoms with Gasteiger partial charge in [-0.05, 0) is 0 Å². The topological polar surface area (TPSA) is 60.7 Å². The van der Waals surface area contributed by atoms with Gasteiger partial charge in [0.1, 0.15) is 0 Å². The molecule has 0 aliphatic carbocycles. The average Bonchev–Trinajstić information content (AvgIpc) is 1.19. The van der Waals surface area contributed by atoms with Crippen LogP contribution in [0.25, 0.3) is 0 Å². The monoisotopic (exact) mass is 188 g/mol. The van der Waals surface area contributed by atoms with Crippen molar-refractivity contribution in [2.45, 2.75) is 6.18 Å². The van der Waals surface area contributed by atoms with Crippen LogP contribution in [0.1, 0.15) is 0 Å². The summed E-state index contributed by atoms with van der Waals surface area (Å²) in [5.74, 6) is 0. The van der Waals surface area contributed by atoms with Crippen molar-refractivity contribution in [2.75, 3.05) is 0 Å². The van der Waals surface area contributed by atoms with E-state index in [9.17, 15) is 13.2 Å². The Kier molecular flexibility index (Phi) is 14.2. The van der Waals surface area contributed by atoms with Crippen LogP contribution in [-0.4, -0.2) is 20.9 Å². The van der Waals surface area contributed by atoms with E-state index in [0.717, 1.165) is 0 Å². The SMILES string of the molecule is OP(O)O.[CH2-]C(F)(F)F.[Na+]. The van der Waals surface area contributed by atoms with Gasteiger partial charge in [-0.15, -0.1) is 0 Å². The van der Waals surface area contributed by atoms with E-state index in [1.54, 1.807) is 6.92 Å². The zero-order valence-electron chi connectivity index (χ0n) is 5.13. The molecule has 3 N–H and O–H groups in total. The second-order valence-electron chi connectivity index (χ2n) is 0.884. The summed E-state index contributed by atoms with van der Waals surface area (Å²) in [5.41, 5.74) is 0. The van der Waals surface area contributed by atoms with Crippen LogP contribution in [-0.2, 0) is 0 Å². The van der Waals surface area contributed by atoms with Crippen LogP contribution in [0.4, 0.5) is 13.2 Å². The predicted molar refractivity (Wildman–Crippen MR) is 25.0 cm³/mol. The van der Waals surface area contributed by atoms with Gasteiger partial charge in [-0.2, -0.15) is 0 Å². The summed E-state index contributed by atoms with van der Waals surface area (Å²) in [6.45, 7) is 1.77. The molecular formula is C2H5F3NaO3P. The molecule has 0 amide bonds. The summed E-state index contributed by atoms with van der Waals surface area (Å²) in [6.07, 6.45) is -4.25. The molecule has 3 nitrogen and oxygen atoms in total. The van der Waals surface area contributed by atoms with Gasteiger partial charge in [0.05, 0.1) is 0 Å². The third-order valence-electron chi connectivity index (χ3n) is 0. The Morgan fingerprint density at radius 2 is 1.10 bits per heavy atom. The van der Waals surface area contributed by atoms with Gasteiger partial charge in [0, 0.05) is 0 Å². The van der Waals surface area contributed by atoms with Gasteiger partial charge >= 0.3 is 38.2 Å². The van der Waals surface area contributed by atoms with E-state index < -0.39 is 14.8 Å². The molecule has 10 heavy (non-hydrogen) atoms. The van der Waals surface area contributed by atoms with Crippen LogP contribution in [0.15, 0.2) is 0 Å². The molecule has 0 heterocycles. The molecule has 0 saturated carbocycles. The van der Waals surface area contributed by atoms with E-state index in [4.69, 9.17) is 14.7 Å². The standard InChI is InChI=1S/C2H2F3.Na.H3O3P/c1-2(3,4)5;;1-4(2)3/h1H2;;1-3H/q-1;+1;. The fraction of sp³-hybridized carbons (Fsp3) is 0.500. The normalized spacial score (nSPS) is 9.60. The van der Waals surface area contributed by atoms with Gasteiger partial charge in [0.25, 0.3) is 6.18 Å². The Morgan fingerprint density at radius 3 is 1.10 bits per heavy atom. The van der Waals surface area contributed by atoms with Gasteiger partial charge < -0.3 is 14.7 Å². The van der Waals surface area contributed by atoms with E-state index >= 15 is 0 Å². The Balaban J connectivity index is -0.0000000910. The van der Waals surface area contributed by atoms with Gasteiger partial charge in [0.2, 0.25) is 0 Å². The summed E-state index contributed by atoms with van der Waals surface area (Å²) in [5, 5.41) is 0. The molecule has 0 aromatic rings. The Hall–Kier alpha value is 1.10. The Labute approximate surface area is 79.2 Å². The summed E-state index contributed by atoms with van der Waals surface area (Å²) >= 11 is 0. The number of halogens is 3. The number of hydrogen-bond acceptors (Lipinski definition) is 3. The van der Waals surface area contributed by atoms with Crippen molar-refractivity contribution in [2.24, 2.45) is 0 Å². The molecule has 0 saturated heterocycles. The summed E-state index contributed by atoms with van der Waals surface area (Å²) in [6, 6.07) is 0. The molecule has 0 rings (SSSR count). The quantitative estimate of drug-likeness (QED) is 0.225. The molecule has 0 aromatic heterocycles. The third-order valence-corrected chi connectivity index (χ3v) is 0. The van der Waals surface area contributed by atoms with E-state index in [-0.39, 0.29) is 29.6 Å². The first-order chi connectivity index (χ1) is 3.73. The van der Waals surface area contributed by atoms with Crippen LogP contribution >= 0.6 is 8.60 Å². The van der Waals surface area contributed by atoms with Crippen molar-refractivity contribution < 1.29 is 57.4 Å². The summed E-state index contributed by atoms with van der Waals surface area (Å²) < 4.78 is 30.7. The summed E-state index contributed by atoms with van der Waals surface area (Å²) in [7, 11) is -2.62. The molecule has 0 aromatic carbocycles. The Morgan fingerprint density at radius 1 is 1.10 bits per heavy atom. The zero-order chi connectivity index (χ0) is 8.08. The van der Waals surface area contributed by atoms with Crippen molar-refractivity contribution >= 4 is 8.60 Å². The fourth-order valence-electron chi connectivity index (χ4n) is 0. The molecule has 0 aliphatic heterocycles. The predicted octanol–water partition coefficient (Wildman–Crippen LogP) is -2.42. The van der Waals surface area contributed by atoms with Crippen molar-refractivity contribution in [3.8, 4) is 0 Å². The number of hydrogen-bond donors (Lipinski definition) is 3. The largest absolute Gasteiger partial charge is 1.00 e. The molecule has 0 aliphatic rings. The zero-order valence-corrected chi connectivity index (χ0v) is 8.02. The van der Waals surface area contributed by atoms with Gasteiger partial charge in [-0.25, -0.2) is 20.1 Å². The van der Waals surface area contributed by atoms with Crippen LogP contribution in [0.5, 0.6) is 0 Å². The molecule has 0 spiro atoms. The molecule has 0 fully saturated rings. The maximum Gasteiger partial charge on any atom is 1.00 e. The smallest absolute Gasteiger partial charge is 0.328 e. The maximum atomic E-state index is 10.2. The molecule has 0 atom stereocenters. The van der Waals surface area contributed by atoms with Crippen LogP contribution in [0.3, 0.4) is 0 Å². The molecular weight excluding hydrogens is 183 g/mol. The first-order valence-corrected chi connectivity index (χ1v) is 2.72. The van der Waals surface area contributed by atoms with E-state index in [1.807, 2.05) is 0 Å². The minimum absolute atomic E-state index is 0. The van der Waals surface area contributed by atoms with Crippen LogP contribution in [0.2, 0.25) is 0 Å². The van der Waals surface area contributed by atoms with Crippen LogP contribution < -0.4 is 29.6 Å². The van der Waals surface area contributed by atoms with E-state index in [0.29, 0.717) is 0 Å². The number of rotatable bonds is 0. The van der Waals surface area contributed by atoms with Crippen molar-refractivity contribution in [1.82, 2.24) is 0 Å². The minimum atomic E-state index is -4.25. The van der Waals surface area contributed by atoms with Gasteiger partial charge in [0.15, 0.2) is 0 Å². The first kappa shape index (κ1) is 17.3. The van der Waals surface area contributed by atoms with Crippen molar-refractivity contribution in [3.05, 3.63) is 6.92 Å². The van der Waals surface area contributed by atoms with E-state index in [2.05, 4.69) is 0 Å². The maximum absolute atomic E-state index is 10.2. The molecule has 8 heteroatoms. The number of alkyl halides is 3. The van der Waals surface area contributed by atoms with Crippen molar-refractivity contribution in [3.63, 3.8) is 0 Å². The fourth-order valence-corrected chi connectivity index (χ4v) is 0. The second kappa shape index (κ2) is 8.20. The van der Waals surface area contributed by atoms with Gasteiger partial charge in [-0.1, -0.05) is 0 Å². The van der Waals surface area contributed by atoms with Crippen LogP contribution in [0, 0.1) is 6.92 Å². The first-order valence-electron chi connectivity index (χ1n) is 1.52. The Bertz CT molecular complexity index is 58.5. The molecule has 0 radical (unpaired) electrons. The van der Waals surface area contributed by atoms with E-state index in [1.165, 1.54) is 0 Å². The molecule has 0 unspecified atom stereocenters. The summed E-state index contributed by atoms with van der Waals surface area (Å²) in [4.78, 5) is 21.7. The molecule has 0 bridgehead atoms. The van der Waals surface area contributed by atoms with Gasteiger partial charge in [-0.3, -0.25) is 0 Å². The third kappa shape index (κ3) is 493. The van der Waals surface area contributed by atoms with Crippen molar-refractivity contribution in [1.29, 1.82) is 0 Å². The molecule has 58 valence electrons. The second-order valence-corrected chi connectivity index (χ2v) is 1.42.